The van der Waals surface area contributed by atoms with Crippen LogP contribution in [0.3, 0.4) is 0 Å². The van der Waals surface area contributed by atoms with E-state index in [0.29, 0.717) is 56.2 Å². The molecule has 0 bridgehead atoms. The molecule has 0 unspecified atom stereocenters. The van der Waals surface area contributed by atoms with Crippen LogP contribution in [-0.4, -0.2) is 9.97 Å². The summed E-state index contributed by atoms with van der Waals surface area (Å²) in [6, 6.07) is 27.0. The van der Waals surface area contributed by atoms with E-state index in [0.717, 1.165) is 22.3 Å². The van der Waals surface area contributed by atoms with Gasteiger partial charge in [0.25, 0.3) is 11.4 Å². The first-order valence-electron chi connectivity index (χ1n) is 13.2. The van der Waals surface area contributed by atoms with Gasteiger partial charge in [0, 0.05) is 22.3 Å². The second-order valence-corrected chi connectivity index (χ2v) is 10.0. The Kier molecular flexibility index (Phi) is 5.93. The van der Waals surface area contributed by atoms with Gasteiger partial charge in [0.1, 0.15) is 11.6 Å². The maximum absolute atomic E-state index is 13.6. The maximum Gasteiger partial charge on any atom is 0.271 e. The van der Waals surface area contributed by atoms with Crippen LogP contribution in [0.15, 0.2) is 96.3 Å². The smallest absolute Gasteiger partial charge is 0.245 e. The van der Waals surface area contributed by atoms with Crippen LogP contribution in [0.2, 0.25) is 0 Å². The third kappa shape index (κ3) is 3.88. The topological polar surface area (TPSA) is 82.1 Å². The summed E-state index contributed by atoms with van der Waals surface area (Å²) in [6.45, 7) is 15.5. The standard InChI is InChI=1S/C36H14F2N6/c1-41-29(17-39)31-27-15-21(19-3-9-23(37)10-4-19)7-13-25(27)33-35(31)43-34-26-14-8-22(20-5-11-24(38)12-6-20)16-28(26)32(36(34)44-33)30(18-40)42-2/h3-16H/b31-29-,32-30+. The Balaban J connectivity index is 1.48. The van der Waals surface area contributed by atoms with Crippen LogP contribution in [0.4, 0.5) is 8.78 Å². The van der Waals surface area contributed by atoms with Gasteiger partial charge in [-0.1, -0.05) is 48.5 Å². The number of nitrogens with zero attached hydrogens (tertiary/aromatic N) is 6. The third-order valence-electron chi connectivity index (χ3n) is 7.72. The lowest BCUT2D eigenvalue weighted by Crippen LogP contribution is -1.98. The summed E-state index contributed by atoms with van der Waals surface area (Å²) in [5, 5.41) is 19.9. The van der Waals surface area contributed by atoms with Crippen molar-refractivity contribution in [2.45, 2.75) is 0 Å². The van der Waals surface area contributed by atoms with E-state index in [9.17, 15) is 19.3 Å². The van der Waals surface area contributed by atoms with Crippen LogP contribution in [0.25, 0.3) is 65.6 Å². The molecule has 8 heteroatoms. The summed E-state index contributed by atoms with van der Waals surface area (Å²) in [7, 11) is 0. The Bertz CT molecular complexity index is 2120. The van der Waals surface area contributed by atoms with Gasteiger partial charge >= 0.3 is 0 Å². The minimum atomic E-state index is -0.365. The van der Waals surface area contributed by atoms with Gasteiger partial charge in [-0.25, -0.2) is 39.0 Å². The molecular weight excluding hydrogens is 554 g/mol. The van der Waals surface area contributed by atoms with Gasteiger partial charge in [-0.05, 0) is 69.8 Å². The molecule has 0 saturated carbocycles. The highest BCUT2D eigenvalue weighted by molar-refractivity contribution is 6.07. The zero-order chi connectivity index (χ0) is 30.5. The fourth-order valence-corrected chi connectivity index (χ4v) is 5.73. The summed E-state index contributed by atoms with van der Waals surface area (Å²) in [4.78, 5) is 16.9. The molecule has 44 heavy (non-hydrogen) atoms. The Morgan fingerprint density at radius 2 is 0.886 bits per heavy atom. The maximum atomic E-state index is 13.6. The van der Waals surface area contributed by atoms with Gasteiger partial charge in [0.2, 0.25) is 0 Å². The van der Waals surface area contributed by atoms with Crippen molar-refractivity contribution >= 4 is 11.1 Å². The quantitative estimate of drug-likeness (QED) is 0.155. The average molecular weight is 569 g/mol. The van der Waals surface area contributed by atoms with Crippen molar-refractivity contribution in [3.63, 3.8) is 0 Å². The molecule has 4 aromatic carbocycles. The highest BCUT2D eigenvalue weighted by Gasteiger charge is 2.36. The lowest BCUT2D eigenvalue weighted by Gasteiger charge is -2.08. The first-order chi connectivity index (χ1) is 21.4. The number of benzene rings is 4. The third-order valence-corrected chi connectivity index (χ3v) is 7.72. The molecule has 0 fully saturated rings. The second kappa shape index (κ2) is 9.97. The number of aromatic nitrogens is 2. The van der Waals surface area contributed by atoms with E-state index in [2.05, 4.69) is 9.69 Å². The van der Waals surface area contributed by atoms with E-state index in [1.165, 1.54) is 24.3 Å². The molecule has 6 nitrogen and oxygen atoms in total. The van der Waals surface area contributed by atoms with Crippen molar-refractivity contribution in [2.75, 3.05) is 0 Å². The molecule has 0 saturated heterocycles. The van der Waals surface area contributed by atoms with Crippen molar-refractivity contribution < 1.29 is 8.78 Å². The first-order valence-corrected chi connectivity index (χ1v) is 13.2. The Labute approximate surface area is 250 Å². The molecule has 0 spiro atoms. The van der Waals surface area contributed by atoms with Crippen molar-refractivity contribution in [3.8, 4) is 56.9 Å². The van der Waals surface area contributed by atoms with Gasteiger partial charge in [-0.2, -0.15) is 0 Å². The number of hydrogen-bond acceptors (Lipinski definition) is 4. The van der Waals surface area contributed by atoms with Gasteiger partial charge in [0.15, 0.2) is 0 Å². The monoisotopic (exact) mass is 568 g/mol. The van der Waals surface area contributed by atoms with E-state index in [1.807, 2.05) is 48.5 Å². The highest BCUT2D eigenvalue weighted by Crippen LogP contribution is 2.51. The SMILES string of the molecule is [C-]#[N+]/C(C#N)=C1/c2cc(-c3ccc(F)cc3)ccc2-c2nc3c(nc21)-c1ccc(-c2ccc(F)cc2)cc1/C3=C(/C#N)[N+]#[C-]. The van der Waals surface area contributed by atoms with Crippen molar-refractivity contribution in [1.29, 1.82) is 10.5 Å². The van der Waals surface area contributed by atoms with Crippen molar-refractivity contribution in [3.05, 3.63) is 153 Å². The number of halogens is 2. The Hall–Kier alpha value is -6.74. The summed E-state index contributed by atoms with van der Waals surface area (Å²) >= 11 is 0. The van der Waals surface area contributed by atoms with E-state index in [4.69, 9.17) is 23.1 Å². The molecule has 0 amide bonds. The largest absolute Gasteiger partial charge is 0.271 e. The lowest BCUT2D eigenvalue weighted by molar-refractivity contribution is 0.627. The Morgan fingerprint density at radius 1 is 0.523 bits per heavy atom. The highest BCUT2D eigenvalue weighted by atomic mass is 19.1. The fraction of sp³-hybridized carbons (Fsp3) is 0. The molecule has 5 aromatic rings. The predicted octanol–water partition coefficient (Wildman–Crippen LogP) is 8.45. The van der Waals surface area contributed by atoms with E-state index >= 15 is 0 Å². The van der Waals surface area contributed by atoms with Gasteiger partial charge in [-0.15, -0.1) is 0 Å². The molecule has 2 aliphatic rings. The van der Waals surface area contributed by atoms with E-state index < -0.39 is 0 Å². The Morgan fingerprint density at radius 3 is 1.23 bits per heavy atom. The number of rotatable bonds is 2. The van der Waals surface area contributed by atoms with Crippen LogP contribution in [0.5, 0.6) is 0 Å². The molecular formula is C36H14F2N6. The summed E-state index contributed by atoms with van der Waals surface area (Å²) in [6.07, 6.45) is 0. The molecule has 7 rings (SSSR count). The van der Waals surface area contributed by atoms with Crippen LogP contribution >= 0.6 is 0 Å². The fourth-order valence-electron chi connectivity index (χ4n) is 5.73. The van der Waals surface area contributed by atoms with Crippen LogP contribution < -0.4 is 0 Å². The lowest BCUT2D eigenvalue weighted by atomic mass is 9.97. The van der Waals surface area contributed by atoms with E-state index in [1.54, 1.807) is 24.3 Å². The van der Waals surface area contributed by atoms with Crippen molar-refractivity contribution in [2.24, 2.45) is 0 Å². The molecule has 1 aromatic heterocycles. The molecule has 202 valence electrons. The van der Waals surface area contributed by atoms with Crippen molar-refractivity contribution in [1.82, 2.24) is 9.97 Å². The van der Waals surface area contributed by atoms with Gasteiger partial charge in [0.05, 0.1) is 48.1 Å². The molecule has 0 atom stereocenters. The number of allylic oxidation sites excluding steroid dienone is 2. The molecule has 0 radical (unpaired) electrons. The van der Waals surface area contributed by atoms with Gasteiger partial charge in [-0.3, -0.25) is 0 Å². The van der Waals surface area contributed by atoms with Crippen LogP contribution in [0.1, 0.15) is 22.5 Å². The van der Waals surface area contributed by atoms with E-state index in [-0.39, 0.29) is 23.0 Å². The minimum absolute atomic E-state index is 0.157. The van der Waals surface area contributed by atoms with Crippen LogP contribution in [-0.2, 0) is 0 Å². The first kappa shape index (κ1) is 26.2. The second-order valence-electron chi connectivity index (χ2n) is 10.0. The molecule has 0 N–H and O–H groups in total. The normalized spacial score (nSPS) is 14.1. The molecule has 0 aliphatic heterocycles. The van der Waals surface area contributed by atoms with Crippen LogP contribution in [0, 0.1) is 47.4 Å². The number of nitriles is 2. The van der Waals surface area contributed by atoms with Gasteiger partial charge < -0.3 is 0 Å². The summed E-state index contributed by atoms with van der Waals surface area (Å²) < 4.78 is 27.2. The predicted molar refractivity (Wildman–Crippen MR) is 160 cm³/mol. The zero-order valence-corrected chi connectivity index (χ0v) is 22.5. The minimum Gasteiger partial charge on any atom is -0.245 e. The number of hydrogen-bond donors (Lipinski definition) is 0. The zero-order valence-electron chi connectivity index (χ0n) is 22.5. The molecule has 1 heterocycles. The summed E-state index contributed by atoms with van der Waals surface area (Å²) in [5.41, 5.74) is 7.33. The number of fused-ring (bicyclic) bond motifs is 6. The average Bonchev–Trinajstić information content (AvgIpc) is 3.53. The molecule has 2 aliphatic carbocycles. The summed E-state index contributed by atoms with van der Waals surface area (Å²) in [5.74, 6) is -0.730.